The van der Waals surface area contributed by atoms with Crippen molar-refractivity contribution in [3.05, 3.63) is 8.98 Å². The average molecular weight is 206 g/mol. The first kappa shape index (κ1) is 12.2. The molecule has 0 aromatic rings. The van der Waals surface area contributed by atoms with Gasteiger partial charge < -0.3 is 0 Å². The summed E-state index contributed by atoms with van der Waals surface area (Å²) in [5.41, 5.74) is 0. The van der Waals surface area contributed by atoms with Crippen LogP contribution in [0.1, 0.15) is 0 Å². The molecule has 5 heteroatoms. The van der Waals surface area contributed by atoms with Gasteiger partial charge in [-0.05, 0) is 0 Å². The summed E-state index contributed by atoms with van der Waals surface area (Å²) in [5, 5.41) is 0. The van der Waals surface area contributed by atoms with Gasteiger partial charge in [-0.1, -0.05) is 46.4 Å². The maximum absolute atomic E-state index is 4.99. The van der Waals surface area contributed by atoms with Crippen molar-refractivity contribution >= 4 is 97.8 Å². The van der Waals surface area contributed by atoms with Gasteiger partial charge in [0, 0.05) is 0 Å². The molecule has 0 atom stereocenters. The fourth-order valence-electron chi connectivity index (χ4n) is 0. The first-order valence-electron chi connectivity index (χ1n) is 1.01. The Labute approximate surface area is 105 Å². The molecule has 0 fully saturated rings. The Kier molecular flexibility index (Phi) is 11.6. The molecule has 0 rings (SSSR count). The monoisotopic (exact) mass is 204 g/mol. The Morgan fingerprint density at radius 3 is 0.857 bits per heavy atom. The summed E-state index contributed by atoms with van der Waals surface area (Å²) in [5.74, 6) is 0. The SMILES string of the molecule is ClC(Cl)=C(Cl)Cl.[KH]. The Morgan fingerprint density at radius 1 is 0.714 bits per heavy atom. The van der Waals surface area contributed by atoms with Gasteiger partial charge in [0.25, 0.3) is 0 Å². The molecule has 0 aromatic heterocycles. The van der Waals surface area contributed by atoms with Gasteiger partial charge in [-0.25, -0.2) is 0 Å². The van der Waals surface area contributed by atoms with Gasteiger partial charge in [0.2, 0.25) is 0 Å². The minimum atomic E-state index is -0.0988. The third-order valence-electron chi connectivity index (χ3n) is 0.143. The van der Waals surface area contributed by atoms with Crippen molar-refractivity contribution in [1.29, 1.82) is 0 Å². The van der Waals surface area contributed by atoms with E-state index < -0.39 is 0 Å². The molecular weight excluding hydrogens is 205 g/mol. The first-order chi connectivity index (χ1) is 2.64. The molecule has 0 saturated heterocycles. The van der Waals surface area contributed by atoms with Crippen molar-refractivity contribution in [2.24, 2.45) is 0 Å². The molecule has 0 nitrogen and oxygen atoms in total. The Bertz CT molecular complexity index is 59.8. The van der Waals surface area contributed by atoms with E-state index in [0.717, 1.165) is 0 Å². The van der Waals surface area contributed by atoms with Gasteiger partial charge in [0.05, 0.1) is 0 Å². The summed E-state index contributed by atoms with van der Waals surface area (Å²) in [6.07, 6.45) is 0. The molecule has 0 heterocycles. The molecule has 0 aliphatic carbocycles. The van der Waals surface area contributed by atoms with Crippen molar-refractivity contribution in [3.63, 3.8) is 0 Å². The predicted octanol–water partition coefficient (Wildman–Crippen LogP) is 2.42. The second-order valence-corrected chi connectivity index (χ2v) is 2.42. The van der Waals surface area contributed by atoms with E-state index in [0.29, 0.717) is 0 Å². The summed E-state index contributed by atoms with van der Waals surface area (Å²) in [7, 11) is 0. The van der Waals surface area contributed by atoms with Gasteiger partial charge >= 0.3 is 51.4 Å². The predicted molar refractivity (Wildman–Crippen MR) is 37.6 cm³/mol. The van der Waals surface area contributed by atoms with E-state index in [1.54, 1.807) is 0 Å². The van der Waals surface area contributed by atoms with Gasteiger partial charge in [-0.2, -0.15) is 0 Å². The van der Waals surface area contributed by atoms with E-state index in [9.17, 15) is 0 Å². The molecule has 0 unspecified atom stereocenters. The van der Waals surface area contributed by atoms with Gasteiger partial charge in [0.15, 0.2) is 0 Å². The number of halogens is 4. The number of hydrogen-bond acceptors (Lipinski definition) is 0. The fourth-order valence-corrected chi connectivity index (χ4v) is 0. The fraction of sp³-hybridized carbons (Fsp3) is 0. The standard InChI is InChI=1S/C2Cl4.K.H/c3-1(4)2(5)6;;. The molecule has 0 bridgehead atoms. The van der Waals surface area contributed by atoms with Crippen LogP contribution in [0.25, 0.3) is 0 Å². The normalized spacial score (nSPS) is 6.86. The second kappa shape index (κ2) is 6.65. The van der Waals surface area contributed by atoms with Crippen LogP contribution in [0.3, 0.4) is 0 Å². The van der Waals surface area contributed by atoms with Crippen LogP contribution in [0.4, 0.5) is 0 Å². The second-order valence-electron chi connectivity index (χ2n) is 0.521. The molecule has 0 spiro atoms. The molecule has 0 saturated carbocycles. The summed E-state index contributed by atoms with van der Waals surface area (Å²) in [6, 6.07) is 0. The third kappa shape index (κ3) is 8.54. The maximum atomic E-state index is 4.99. The topological polar surface area (TPSA) is 0 Å². The van der Waals surface area contributed by atoms with Crippen LogP contribution < -0.4 is 0 Å². The van der Waals surface area contributed by atoms with E-state index in [4.69, 9.17) is 46.4 Å². The zero-order chi connectivity index (χ0) is 5.15. The Hall–Kier alpha value is 2.54. The van der Waals surface area contributed by atoms with Crippen molar-refractivity contribution in [3.8, 4) is 0 Å². The van der Waals surface area contributed by atoms with E-state index in [-0.39, 0.29) is 60.4 Å². The van der Waals surface area contributed by atoms with Crippen molar-refractivity contribution < 1.29 is 0 Å². The molecule has 0 aromatic carbocycles. The number of hydrogen-bond donors (Lipinski definition) is 0. The van der Waals surface area contributed by atoms with Gasteiger partial charge in [0.1, 0.15) is 8.98 Å². The van der Waals surface area contributed by atoms with Crippen LogP contribution >= 0.6 is 46.4 Å². The van der Waals surface area contributed by atoms with Crippen molar-refractivity contribution in [1.82, 2.24) is 0 Å². The van der Waals surface area contributed by atoms with Crippen LogP contribution in [-0.2, 0) is 0 Å². The average Bonchev–Trinajstić information content (AvgIpc) is 1.36. The molecule has 0 N–H and O–H groups in total. The van der Waals surface area contributed by atoms with Crippen LogP contribution in [-0.4, -0.2) is 51.4 Å². The van der Waals surface area contributed by atoms with Crippen LogP contribution in [0.5, 0.6) is 0 Å². The molecule has 38 valence electrons. The molecule has 0 amide bonds. The number of rotatable bonds is 0. The van der Waals surface area contributed by atoms with Crippen molar-refractivity contribution in [2.75, 3.05) is 0 Å². The van der Waals surface area contributed by atoms with Gasteiger partial charge in [-0.15, -0.1) is 0 Å². The molecular formula is C2HCl4K. The van der Waals surface area contributed by atoms with E-state index in [2.05, 4.69) is 0 Å². The summed E-state index contributed by atoms with van der Waals surface area (Å²) in [4.78, 5) is 0. The summed E-state index contributed by atoms with van der Waals surface area (Å²) < 4.78 is -0.198. The zero-order valence-electron chi connectivity index (χ0n) is 2.51. The molecule has 0 radical (unpaired) electrons. The Balaban J connectivity index is 0. The minimum absolute atomic E-state index is 0. The van der Waals surface area contributed by atoms with E-state index in [1.165, 1.54) is 0 Å². The Morgan fingerprint density at radius 2 is 0.857 bits per heavy atom. The zero-order valence-corrected chi connectivity index (χ0v) is 5.54. The van der Waals surface area contributed by atoms with Crippen LogP contribution in [0, 0.1) is 0 Å². The summed E-state index contributed by atoms with van der Waals surface area (Å²) in [6.45, 7) is 0. The van der Waals surface area contributed by atoms with Crippen LogP contribution in [0.15, 0.2) is 8.98 Å². The van der Waals surface area contributed by atoms with Crippen LogP contribution in [0.2, 0.25) is 0 Å². The molecule has 7 heavy (non-hydrogen) atoms. The third-order valence-corrected chi connectivity index (χ3v) is 1.29. The van der Waals surface area contributed by atoms with Crippen molar-refractivity contribution in [2.45, 2.75) is 0 Å². The first-order valence-corrected chi connectivity index (χ1v) is 2.52. The summed E-state index contributed by atoms with van der Waals surface area (Å²) >= 11 is 20.0. The molecule has 0 aliphatic rings. The molecule has 0 aliphatic heterocycles. The quantitative estimate of drug-likeness (QED) is 0.534. The van der Waals surface area contributed by atoms with Gasteiger partial charge in [-0.3, -0.25) is 0 Å². The van der Waals surface area contributed by atoms with E-state index >= 15 is 0 Å². The van der Waals surface area contributed by atoms with E-state index in [1.807, 2.05) is 0 Å².